The molecule has 0 saturated heterocycles. The van der Waals surface area contributed by atoms with E-state index >= 15 is 0 Å². The van der Waals surface area contributed by atoms with Gasteiger partial charge in [-0.05, 0) is 48.7 Å². The molecule has 0 radical (unpaired) electrons. The van der Waals surface area contributed by atoms with Crippen LogP contribution in [0.5, 0.6) is 0 Å². The molecule has 2 aromatic rings. The smallest absolute Gasteiger partial charge is 0.308 e. The van der Waals surface area contributed by atoms with Gasteiger partial charge in [-0.3, -0.25) is 0 Å². The van der Waals surface area contributed by atoms with Crippen LogP contribution in [0.25, 0.3) is 0 Å². The Kier molecular flexibility index (Phi) is 6.10. The zero-order valence-corrected chi connectivity index (χ0v) is 13.8. The van der Waals surface area contributed by atoms with E-state index in [-0.39, 0.29) is 6.03 Å². The number of carbonyl (C=O) groups is 1. The number of unbranched alkanes of at least 4 members (excludes halogenated alkanes) is 1. The van der Waals surface area contributed by atoms with Gasteiger partial charge < -0.3 is 10.6 Å². The van der Waals surface area contributed by atoms with Gasteiger partial charge in [0.25, 0.3) is 0 Å². The standard InChI is InChI=1S/C17H18Cl2N2O/c1-2-3-4-12-5-8-14(9-6-12)20-17(22)21-16-11-13(18)7-10-15(16)19/h5-11H,2-4H2,1H3,(H2,20,21,22). The first kappa shape index (κ1) is 16.7. The number of hydrogen-bond donors (Lipinski definition) is 2. The van der Waals surface area contributed by atoms with Crippen LogP contribution in [0.15, 0.2) is 42.5 Å². The fourth-order valence-corrected chi connectivity index (χ4v) is 2.35. The molecule has 0 spiro atoms. The Balaban J connectivity index is 1.95. The van der Waals surface area contributed by atoms with E-state index in [1.807, 2.05) is 24.3 Å². The molecule has 5 heteroatoms. The van der Waals surface area contributed by atoms with Gasteiger partial charge in [-0.1, -0.05) is 48.7 Å². The Bertz CT molecular complexity index is 642. The highest BCUT2D eigenvalue weighted by Gasteiger charge is 2.06. The van der Waals surface area contributed by atoms with Gasteiger partial charge >= 0.3 is 6.03 Å². The lowest BCUT2D eigenvalue weighted by Crippen LogP contribution is -2.19. The summed E-state index contributed by atoms with van der Waals surface area (Å²) in [7, 11) is 0. The van der Waals surface area contributed by atoms with Gasteiger partial charge in [-0.15, -0.1) is 0 Å². The molecule has 2 amide bonds. The number of amides is 2. The van der Waals surface area contributed by atoms with Gasteiger partial charge in [0.1, 0.15) is 0 Å². The van der Waals surface area contributed by atoms with Crippen LogP contribution >= 0.6 is 23.2 Å². The zero-order chi connectivity index (χ0) is 15.9. The molecule has 0 aromatic heterocycles. The van der Waals surface area contributed by atoms with E-state index in [9.17, 15) is 4.79 Å². The number of benzene rings is 2. The van der Waals surface area contributed by atoms with E-state index in [0.29, 0.717) is 15.7 Å². The number of rotatable bonds is 5. The summed E-state index contributed by atoms with van der Waals surface area (Å²) < 4.78 is 0. The Hall–Kier alpha value is -1.71. The number of carbonyl (C=O) groups excluding carboxylic acids is 1. The lowest BCUT2D eigenvalue weighted by Gasteiger charge is -2.10. The van der Waals surface area contributed by atoms with Crippen molar-refractivity contribution >= 4 is 40.6 Å². The maximum Gasteiger partial charge on any atom is 0.323 e. The molecule has 0 unspecified atom stereocenters. The Morgan fingerprint density at radius 2 is 1.77 bits per heavy atom. The highest BCUT2D eigenvalue weighted by molar-refractivity contribution is 6.35. The molecular formula is C17H18Cl2N2O. The molecule has 0 heterocycles. The van der Waals surface area contributed by atoms with Crippen molar-refractivity contribution in [2.75, 3.05) is 10.6 Å². The summed E-state index contributed by atoms with van der Waals surface area (Å²) in [6.45, 7) is 2.17. The van der Waals surface area contributed by atoms with Crippen molar-refractivity contribution in [3.63, 3.8) is 0 Å². The number of urea groups is 1. The molecule has 3 nitrogen and oxygen atoms in total. The summed E-state index contributed by atoms with van der Waals surface area (Å²) in [6.07, 6.45) is 3.39. The molecule has 0 atom stereocenters. The molecule has 0 bridgehead atoms. The van der Waals surface area contributed by atoms with Crippen LogP contribution in [0.4, 0.5) is 16.2 Å². The van der Waals surface area contributed by atoms with Crippen LogP contribution in [0.1, 0.15) is 25.3 Å². The van der Waals surface area contributed by atoms with Crippen LogP contribution in [0.3, 0.4) is 0 Å². The quantitative estimate of drug-likeness (QED) is 0.692. The van der Waals surface area contributed by atoms with Crippen LogP contribution in [-0.4, -0.2) is 6.03 Å². The minimum absolute atomic E-state index is 0.356. The second kappa shape index (κ2) is 8.06. The number of hydrogen-bond acceptors (Lipinski definition) is 1. The van der Waals surface area contributed by atoms with Gasteiger partial charge in [0.05, 0.1) is 10.7 Å². The summed E-state index contributed by atoms with van der Waals surface area (Å²) in [5, 5.41) is 6.40. The van der Waals surface area contributed by atoms with Gasteiger partial charge in [0.2, 0.25) is 0 Å². The van der Waals surface area contributed by atoms with Crippen molar-refractivity contribution in [3.05, 3.63) is 58.1 Å². The van der Waals surface area contributed by atoms with Gasteiger partial charge in [0.15, 0.2) is 0 Å². The number of nitrogens with one attached hydrogen (secondary N) is 2. The largest absolute Gasteiger partial charge is 0.323 e. The van der Waals surface area contributed by atoms with Gasteiger partial charge in [-0.25, -0.2) is 4.79 Å². The predicted molar refractivity (Wildman–Crippen MR) is 94.2 cm³/mol. The number of aryl methyl sites for hydroxylation is 1. The van der Waals surface area contributed by atoms with E-state index in [1.54, 1.807) is 18.2 Å². The lowest BCUT2D eigenvalue weighted by atomic mass is 10.1. The zero-order valence-electron chi connectivity index (χ0n) is 12.3. The van der Waals surface area contributed by atoms with E-state index in [2.05, 4.69) is 17.6 Å². The third-order valence-corrected chi connectivity index (χ3v) is 3.77. The normalized spacial score (nSPS) is 10.3. The molecule has 0 saturated carbocycles. The summed E-state index contributed by atoms with van der Waals surface area (Å²) in [6, 6.07) is 12.4. The average Bonchev–Trinajstić information content (AvgIpc) is 2.50. The second-order valence-corrected chi connectivity index (χ2v) is 5.85. The first-order chi connectivity index (χ1) is 10.6. The van der Waals surface area contributed by atoms with Crippen LogP contribution < -0.4 is 10.6 Å². The van der Waals surface area contributed by atoms with E-state index in [4.69, 9.17) is 23.2 Å². The van der Waals surface area contributed by atoms with E-state index in [0.717, 1.165) is 12.1 Å². The third kappa shape index (κ3) is 4.93. The van der Waals surface area contributed by atoms with Crippen molar-refractivity contribution in [2.45, 2.75) is 26.2 Å². The van der Waals surface area contributed by atoms with Crippen LogP contribution in [0.2, 0.25) is 10.0 Å². The van der Waals surface area contributed by atoms with E-state index in [1.165, 1.54) is 18.4 Å². The average molecular weight is 337 g/mol. The minimum Gasteiger partial charge on any atom is -0.308 e. The topological polar surface area (TPSA) is 41.1 Å². The molecule has 2 rings (SSSR count). The highest BCUT2D eigenvalue weighted by Crippen LogP contribution is 2.25. The summed E-state index contributed by atoms with van der Waals surface area (Å²) in [5.74, 6) is 0. The van der Waals surface area contributed by atoms with Crippen molar-refractivity contribution in [2.24, 2.45) is 0 Å². The molecule has 2 N–H and O–H groups in total. The first-order valence-electron chi connectivity index (χ1n) is 7.20. The molecule has 2 aromatic carbocycles. The first-order valence-corrected chi connectivity index (χ1v) is 7.96. The molecule has 0 aliphatic heterocycles. The molecule has 0 fully saturated rings. The summed E-state index contributed by atoms with van der Waals surface area (Å²) in [5.41, 5.74) is 2.48. The predicted octanol–water partition coefficient (Wildman–Crippen LogP) is 5.98. The molecule has 0 aliphatic carbocycles. The Morgan fingerprint density at radius 1 is 1.05 bits per heavy atom. The molecule has 116 valence electrons. The van der Waals surface area contributed by atoms with Gasteiger partial charge in [-0.2, -0.15) is 0 Å². The van der Waals surface area contributed by atoms with Crippen molar-refractivity contribution in [3.8, 4) is 0 Å². The monoisotopic (exact) mass is 336 g/mol. The fourth-order valence-electron chi connectivity index (χ4n) is 2.01. The Morgan fingerprint density at radius 3 is 2.45 bits per heavy atom. The van der Waals surface area contributed by atoms with Crippen molar-refractivity contribution in [1.82, 2.24) is 0 Å². The summed E-state index contributed by atoms with van der Waals surface area (Å²) in [4.78, 5) is 12.0. The molecule has 0 aliphatic rings. The second-order valence-electron chi connectivity index (χ2n) is 5.00. The van der Waals surface area contributed by atoms with Crippen LogP contribution in [0, 0.1) is 0 Å². The van der Waals surface area contributed by atoms with Crippen molar-refractivity contribution in [1.29, 1.82) is 0 Å². The van der Waals surface area contributed by atoms with Crippen molar-refractivity contribution < 1.29 is 4.79 Å². The SMILES string of the molecule is CCCCc1ccc(NC(=O)Nc2cc(Cl)ccc2Cl)cc1. The number of anilines is 2. The molecule has 22 heavy (non-hydrogen) atoms. The van der Waals surface area contributed by atoms with Crippen LogP contribution in [-0.2, 0) is 6.42 Å². The maximum absolute atomic E-state index is 12.0. The summed E-state index contributed by atoms with van der Waals surface area (Å²) >= 11 is 11.9. The Labute approximate surface area is 140 Å². The highest BCUT2D eigenvalue weighted by atomic mass is 35.5. The molecular weight excluding hydrogens is 319 g/mol. The lowest BCUT2D eigenvalue weighted by molar-refractivity contribution is 0.262. The van der Waals surface area contributed by atoms with E-state index < -0.39 is 0 Å². The third-order valence-electron chi connectivity index (χ3n) is 3.21. The van der Waals surface area contributed by atoms with Gasteiger partial charge in [0, 0.05) is 10.7 Å². The fraction of sp³-hybridized carbons (Fsp3) is 0.235. The maximum atomic E-state index is 12.0. The number of halogens is 2. The minimum atomic E-state index is -0.356.